The van der Waals surface area contributed by atoms with Gasteiger partial charge in [0.15, 0.2) is 0 Å². The van der Waals surface area contributed by atoms with Gasteiger partial charge in [0.2, 0.25) is 0 Å². The molecular weight excluding hydrogens is 575 g/mol. The summed E-state index contributed by atoms with van der Waals surface area (Å²) in [7, 11) is 0. The number of hydrogen-bond acceptors (Lipinski definition) is 8. The van der Waals surface area contributed by atoms with Gasteiger partial charge in [0, 0.05) is 0 Å². The molecule has 0 bridgehead atoms. The molecule has 0 amide bonds. The van der Waals surface area contributed by atoms with Gasteiger partial charge in [0.25, 0.3) is 0 Å². The molecular formula is C20H28O8Pb. The zero-order chi connectivity index (χ0) is 22.8. The van der Waals surface area contributed by atoms with Crippen LogP contribution in [0.2, 0.25) is 0 Å². The molecule has 0 saturated heterocycles. The fraction of sp³-hybridized carbons (Fsp3) is 0.400. The van der Waals surface area contributed by atoms with Crippen LogP contribution in [0.1, 0.15) is 55.4 Å². The zero-order valence-corrected chi connectivity index (χ0v) is 22.0. The maximum absolute atomic E-state index is 11.4. The van der Waals surface area contributed by atoms with Crippen molar-refractivity contribution in [2.24, 2.45) is 0 Å². The molecule has 0 rings (SSSR count). The number of carbonyl (C=O) groups excluding carboxylic acids is 4. The summed E-state index contributed by atoms with van der Waals surface area (Å²) in [4.78, 5) is 45.7. The minimum atomic E-state index is -5.31. The Morgan fingerprint density at radius 3 is 0.759 bits per heavy atom. The second-order valence-electron chi connectivity index (χ2n) is 6.37. The summed E-state index contributed by atoms with van der Waals surface area (Å²) in [5, 5.41) is 0. The van der Waals surface area contributed by atoms with Crippen molar-refractivity contribution in [1.29, 1.82) is 0 Å². The molecule has 0 heterocycles. The number of hydrogen-bond donors (Lipinski definition) is 0. The van der Waals surface area contributed by atoms with Gasteiger partial charge in [0.1, 0.15) is 0 Å². The van der Waals surface area contributed by atoms with Crippen LogP contribution in [0.15, 0.2) is 47.3 Å². The van der Waals surface area contributed by atoms with E-state index < -0.39 is 23.0 Å². The second-order valence-corrected chi connectivity index (χ2v) is 13.4. The number of ketones is 4. The van der Waals surface area contributed by atoms with Crippen LogP contribution in [0.5, 0.6) is 0 Å². The van der Waals surface area contributed by atoms with Crippen LogP contribution in [-0.2, 0) is 29.9 Å². The molecule has 0 spiro atoms. The first-order valence-electron chi connectivity index (χ1n) is 8.76. The molecule has 0 N–H and O–H groups in total. The Kier molecular flexibility index (Phi) is 11.4. The molecule has 9 heteroatoms. The first-order valence-corrected chi connectivity index (χ1v) is 15.1. The molecule has 0 aliphatic carbocycles. The quantitative estimate of drug-likeness (QED) is 0.190. The molecule has 8 nitrogen and oxygen atoms in total. The molecule has 0 unspecified atom stereocenters. The van der Waals surface area contributed by atoms with Gasteiger partial charge in [-0.05, 0) is 0 Å². The van der Waals surface area contributed by atoms with Gasteiger partial charge in [-0.25, -0.2) is 0 Å². The third-order valence-electron chi connectivity index (χ3n) is 2.77. The molecule has 160 valence electrons. The van der Waals surface area contributed by atoms with Crippen molar-refractivity contribution in [2.45, 2.75) is 55.4 Å². The Morgan fingerprint density at radius 2 is 0.621 bits per heavy atom. The van der Waals surface area contributed by atoms with Crippen LogP contribution in [0.3, 0.4) is 0 Å². The maximum atomic E-state index is 11.4. The SMILES string of the molecule is CC(=O)/C=C(/C)[O][Pb]([O]/C(C)=C\C(C)=O)([O]/C(C)=C/C(C)=O)[O]/C(C)=C/C(C)=O. The summed E-state index contributed by atoms with van der Waals surface area (Å²) in [5.74, 6) is -0.412. The van der Waals surface area contributed by atoms with E-state index in [9.17, 15) is 19.2 Å². The summed E-state index contributed by atoms with van der Waals surface area (Å²) in [6.07, 6.45) is 4.90. The van der Waals surface area contributed by atoms with Crippen molar-refractivity contribution in [3.05, 3.63) is 47.3 Å². The molecule has 0 aliphatic heterocycles. The van der Waals surface area contributed by atoms with Gasteiger partial charge in [-0.2, -0.15) is 0 Å². The first kappa shape index (κ1) is 26.8. The summed E-state index contributed by atoms with van der Waals surface area (Å²) >= 11 is -5.31. The van der Waals surface area contributed by atoms with E-state index in [-0.39, 0.29) is 46.2 Å². The number of carbonyl (C=O) groups is 4. The Morgan fingerprint density at radius 1 is 0.448 bits per heavy atom. The van der Waals surface area contributed by atoms with Crippen molar-refractivity contribution in [3.8, 4) is 0 Å². The molecule has 0 aliphatic rings. The minimum absolute atomic E-state index is 0.168. The van der Waals surface area contributed by atoms with E-state index in [1.807, 2.05) is 0 Å². The molecule has 0 aromatic carbocycles. The van der Waals surface area contributed by atoms with Gasteiger partial charge in [-0.1, -0.05) is 0 Å². The standard InChI is InChI=1S/4C5H8O2.Pb/c4*1-4(6)3-5(2)7;/h4*3,6H,1-2H3;/q;;;;+4/p-4/b2*4-3+;2*4-3-;. The monoisotopic (exact) mass is 604 g/mol. The van der Waals surface area contributed by atoms with E-state index in [2.05, 4.69) is 0 Å². The third-order valence-corrected chi connectivity index (χ3v) is 11.7. The van der Waals surface area contributed by atoms with Crippen LogP contribution in [0.4, 0.5) is 0 Å². The zero-order valence-electron chi connectivity index (χ0n) is 18.1. The van der Waals surface area contributed by atoms with Crippen molar-refractivity contribution in [1.82, 2.24) is 0 Å². The summed E-state index contributed by atoms with van der Waals surface area (Å²) < 4.78 is 23.4. The van der Waals surface area contributed by atoms with Gasteiger partial charge in [0.05, 0.1) is 0 Å². The Labute approximate surface area is 178 Å². The number of rotatable bonds is 12. The summed E-state index contributed by atoms with van der Waals surface area (Å²) in [5.41, 5.74) is 0. The van der Waals surface area contributed by atoms with Crippen LogP contribution in [0, 0.1) is 0 Å². The Bertz CT molecular complexity index is 653. The fourth-order valence-electron chi connectivity index (χ4n) is 2.18. The summed E-state index contributed by atoms with van der Waals surface area (Å²) in [6, 6.07) is 0. The van der Waals surface area contributed by atoms with E-state index in [1.54, 1.807) is 0 Å². The van der Waals surface area contributed by atoms with E-state index in [1.165, 1.54) is 79.7 Å². The van der Waals surface area contributed by atoms with E-state index in [4.69, 9.17) is 10.7 Å². The van der Waals surface area contributed by atoms with Gasteiger partial charge in [-0.3, -0.25) is 0 Å². The summed E-state index contributed by atoms with van der Waals surface area (Å²) in [6.45, 7) is 11.4. The van der Waals surface area contributed by atoms with Crippen molar-refractivity contribution >= 4 is 46.1 Å². The Hall–Kier alpha value is -2.24. The average molecular weight is 604 g/mol. The average Bonchev–Trinajstić information content (AvgIpc) is 2.41. The first-order chi connectivity index (χ1) is 13.2. The normalized spacial score (nSPS) is 13.5. The fourth-order valence-corrected chi connectivity index (χ4v) is 10.2. The predicted octanol–water partition coefficient (Wildman–Crippen LogP) is 3.46. The van der Waals surface area contributed by atoms with Crippen molar-refractivity contribution < 1.29 is 29.9 Å². The van der Waals surface area contributed by atoms with E-state index in [0.717, 1.165) is 0 Å². The molecule has 0 saturated carbocycles. The van der Waals surface area contributed by atoms with Gasteiger partial charge < -0.3 is 0 Å². The van der Waals surface area contributed by atoms with Crippen LogP contribution in [-0.4, -0.2) is 46.1 Å². The Balaban J connectivity index is 6.40. The van der Waals surface area contributed by atoms with Gasteiger partial charge in [-0.15, -0.1) is 0 Å². The van der Waals surface area contributed by atoms with E-state index in [0.29, 0.717) is 0 Å². The molecule has 29 heavy (non-hydrogen) atoms. The molecule has 0 atom stereocenters. The van der Waals surface area contributed by atoms with Crippen LogP contribution < -0.4 is 0 Å². The molecule has 0 fully saturated rings. The van der Waals surface area contributed by atoms with Crippen molar-refractivity contribution in [2.75, 3.05) is 0 Å². The predicted molar refractivity (Wildman–Crippen MR) is 108 cm³/mol. The number of allylic oxidation sites excluding steroid dienone is 8. The second kappa shape index (κ2) is 12.4. The van der Waals surface area contributed by atoms with Crippen molar-refractivity contribution in [3.63, 3.8) is 0 Å². The molecule has 0 radical (unpaired) electrons. The molecule has 0 aromatic heterocycles. The van der Waals surface area contributed by atoms with E-state index >= 15 is 0 Å². The molecule has 0 aromatic rings. The topological polar surface area (TPSA) is 105 Å². The van der Waals surface area contributed by atoms with Gasteiger partial charge >= 0.3 is 179 Å². The van der Waals surface area contributed by atoms with Crippen LogP contribution in [0.25, 0.3) is 0 Å². The third kappa shape index (κ3) is 12.8. The van der Waals surface area contributed by atoms with Crippen LogP contribution >= 0.6 is 0 Å².